The minimum atomic E-state index is 0.332. The summed E-state index contributed by atoms with van der Waals surface area (Å²) in [5.41, 5.74) is 2.57. The molecule has 0 aromatic carbocycles. The van der Waals surface area contributed by atoms with Gasteiger partial charge in [0.15, 0.2) is 0 Å². The molecule has 1 atom stereocenters. The summed E-state index contributed by atoms with van der Waals surface area (Å²) in [5.74, 6) is 0. The lowest BCUT2D eigenvalue weighted by molar-refractivity contribution is 0.802. The highest BCUT2D eigenvalue weighted by molar-refractivity contribution is 7.80. The van der Waals surface area contributed by atoms with Gasteiger partial charge >= 0.3 is 0 Å². The molecule has 1 rings (SSSR count). The number of hydrogen-bond donors (Lipinski definition) is 1. The van der Waals surface area contributed by atoms with Crippen LogP contribution in [0.1, 0.15) is 23.6 Å². The summed E-state index contributed by atoms with van der Waals surface area (Å²) in [4.78, 5) is 0. The lowest BCUT2D eigenvalue weighted by atomic mass is 10.3. The Morgan fingerprint density at radius 3 is 2.30 bits per heavy atom. The Hall–Kier alpha value is -0.370. The van der Waals surface area contributed by atoms with Gasteiger partial charge in [0.1, 0.15) is 0 Å². The van der Waals surface area contributed by atoms with Gasteiger partial charge in [-0.2, -0.15) is 12.6 Å². The molecule has 0 bridgehead atoms. The quantitative estimate of drug-likeness (QED) is 0.594. The molecule has 0 aliphatic heterocycles. The molecule has 1 aromatic rings. The van der Waals surface area contributed by atoms with Crippen LogP contribution in [0.5, 0.6) is 0 Å². The normalized spacial score (nSPS) is 13.6. The van der Waals surface area contributed by atoms with Crippen molar-refractivity contribution >= 4 is 12.6 Å². The summed E-state index contributed by atoms with van der Waals surface area (Å²) in [6, 6.07) is 4.23. The molecule has 1 heterocycles. The Labute approximate surface area is 67.5 Å². The molecule has 0 aliphatic rings. The van der Waals surface area contributed by atoms with Crippen molar-refractivity contribution in [2.45, 2.75) is 19.1 Å². The standard InChI is InChI=1S/C8H13NS/c1-6-4-5-8(7(2)10)9(6)3/h4-5,7,10H,1-3H3. The third-order valence-electron chi connectivity index (χ3n) is 1.84. The number of rotatable bonds is 1. The fraction of sp³-hybridized carbons (Fsp3) is 0.500. The van der Waals surface area contributed by atoms with Crippen LogP contribution in [0, 0.1) is 6.92 Å². The Morgan fingerprint density at radius 2 is 2.10 bits per heavy atom. The molecule has 0 spiro atoms. The lowest BCUT2D eigenvalue weighted by Gasteiger charge is -2.06. The van der Waals surface area contributed by atoms with E-state index in [1.54, 1.807) is 0 Å². The first-order chi connectivity index (χ1) is 4.63. The van der Waals surface area contributed by atoms with Crippen molar-refractivity contribution in [1.82, 2.24) is 4.57 Å². The largest absolute Gasteiger partial charge is 0.351 e. The van der Waals surface area contributed by atoms with Crippen LogP contribution in [0.3, 0.4) is 0 Å². The van der Waals surface area contributed by atoms with E-state index in [-0.39, 0.29) is 0 Å². The molecular weight excluding hydrogens is 142 g/mol. The Kier molecular flexibility index (Phi) is 2.09. The molecule has 1 nitrogen and oxygen atoms in total. The molecule has 2 heteroatoms. The third-order valence-corrected chi connectivity index (χ3v) is 2.10. The monoisotopic (exact) mass is 155 g/mol. The first kappa shape index (κ1) is 7.73. The summed E-state index contributed by atoms with van der Waals surface area (Å²) in [6.07, 6.45) is 0. The van der Waals surface area contributed by atoms with Crippen molar-refractivity contribution < 1.29 is 0 Å². The maximum absolute atomic E-state index is 4.35. The van der Waals surface area contributed by atoms with Gasteiger partial charge in [0.05, 0.1) is 0 Å². The molecule has 10 heavy (non-hydrogen) atoms. The van der Waals surface area contributed by atoms with E-state index < -0.39 is 0 Å². The van der Waals surface area contributed by atoms with Gasteiger partial charge in [0.25, 0.3) is 0 Å². The second-order valence-electron chi connectivity index (χ2n) is 2.63. The van der Waals surface area contributed by atoms with E-state index in [9.17, 15) is 0 Å². The number of hydrogen-bond acceptors (Lipinski definition) is 1. The number of thiol groups is 1. The zero-order valence-corrected chi connectivity index (χ0v) is 7.52. The van der Waals surface area contributed by atoms with Gasteiger partial charge in [0, 0.05) is 23.7 Å². The van der Waals surface area contributed by atoms with Crippen molar-refractivity contribution in [3.8, 4) is 0 Å². The highest BCUT2D eigenvalue weighted by atomic mass is 32.1. The van der Waals surface area contributed by atoms with Crippen molar-refractivity contribution in [2.75, 3.05) is 0 Å². The van der Waals surface area contributed by atoms with E-state index in [0.717, 1.165) is 0 Å². The third kappa shape index (κ3) is 1.21. The SMILES string of the molecule is Cc1ccc(C(C)S)n1C. The van der Waals surface area contributed by atoms with Crippen LogP contribution < -0.4 is 0 Å². The lowest BCUT2D eigenvalue weighted by Crippen LogP contribution is -1.97. The van der Waals surface area contributed by atoms with E-state index in [4.69, 9.17) is 0 Å². The summed E-state index contributed by atoms with van der Waals surface area (Å²) < 4.78 is 2.16. The smallest absolute Gasteiger partial charge is 0.0391 e. The van der Waals surface area contributed by atoms with E-state index in [1.807, 2.05) is 0 Å². The van der Waals surface area contributed by atoms with Crippen molar-refractivity contribution in [3.05, 3.63) is 23.5 Å². The van der Waals surface area contributed by atoms with Gasteiger partial charge in [-0.25, -0.2) is 0 Å². The second-order valence-corrected chi connectivity index (χ2v) is 3.41. The predicted molar refractivity (Wildman–Crippen MR) is 47.6 cm³/mol. The van der Waals surface area contributed by atoms with E-state index in [1.165, 1.54) is 11.4 Å². The molecule has 0 amide bonds. The van der Waals surface area contributed by atoms with Crippen molar-refractivity contribution in [2.24, 2.45) is 7.05 Å². The highest BCUT2D eigenvalue weighted by Crippen LogP contribution is 2.19. The van der Waals surface area contributed by atoms with Crippen LogP contribution in [-0.4, -0.2) is 4.57 Å². The molecule has 0 fully saturated rings. The maximum atomic E-state index is 4.35. The van der Waals surface area contributed by atoms with Gasteiger partial charge in [0.2, 0.25) is 0 Å². The molecule has 1 unspecified atom stereocenters. The van der Waals surface area contributed by atoms with Crippen LogP contribution in [0.2, 0.25) is 0 Å². The van der Waals surface area contributed by atoms with Crippen molar-refractivity contribution in [3.63, 3.8) is 0 Å². The van der Waals surface area contributed by atoms with Gasteiger partial charge in [-0.1, -0.05) is 0 Å². The predicted octanol–water partition coefficient (Wildman–Crippen LogP) is 2.32. The number of nitrogens with zero attached hydrogens (tertiary/aromatic N) is 1. The summed E-state index contributed by atoms with van der Waals surface area (Å²) in [7, 11) is 2.07. The molecule has 56 valence electrons. The van der Waals surface area contributed by atoms with E-state index in [2.05, 4.69) is 50.2 Å². The van der Waals surface area contributed by atoms with Gasteiger partial charge in [-0.15, -0.1) is 0 Å². The Balaban J connectivity index is 3.05. The van der Waals surface area contributed by atoms with Crippen LogP contribution >= 0.6 is 12.6 Å². The van der Waals surface area contributed by atoms with Crippen LogP contribution in [0.15, 0.2) is 12.1 Å². The Bertz CT molecular complexity index is 225. The zero-order chi connectivity index (χ0) is 7.72. The Morgan fingerprint density at radius 1 is 1.50 bits per heavy atom. The fourth-order valence-corrected chi connectivity index (χ4v) is 1.31. The van der Waals surface area contributed by atoms with Gasteiger partial charge in [-0.3, -0.25) is 0 Å². The average molecular weight is 155 g/mol. The molecule has 0 N–H and O–H groups in total. The summed E-state index contributed by atoms with van der Waals surface area (Å²) >= 11 is 4.35. The first-order valence-electron chi connectivity index (χ1n) is 3.43. The molecule has 0 saturated carbocycles. The minimum Gasteiger partial charge on any atom is -0.351 e. The molecule has 0 saturated heterocycles. The molecule has 0 aliphatic carbocycles. The zero-order valence-electron chi connectivity index (χ0n) is 6.63. The van der Waals surface area contributed by atoms with Gasteiger partial charge < -0.3 is 4.57 Å². The summed E-state index contributed by atoms with van der Waals surface area (Å²) in [6.45, 7) is 4.18. The minimum absolute atomic E-state index is 0.332. The number of aryl methyl sites for hydroxylation is 1. The topological polar surface area (TPSA) is 4.93 Å². The summed E-state index contributed by atoms with van der Waals surface area (Å²) in [5, 5.41) is 0.332. The second kappa shape index (κ2) is 2.70. The molecule has 0 radical (unpaired) electrons. The molecular formula is C8H13NS. The maximum Gasteiger partial charge on any atom is 0.0391 e. The van der Waals surface area contributed by atoms with Crippen molar-refractivity contribution in [1.29, 1.82) is 0 Å². The van der Waals surface area contributed by atoms with Crippen LogP contribution in [0.25, 0.3) is 0 Å². The molecule has 1 aromatic heterocycles. The first-order valence-corrected chi connectivity index (χ1v) is 3.95. The fourth-order valence-electron chi connectivity index (χ4n) is 1.05. The van der Waals surface area contributed by atoms with Crippen LogP contribution in [0.4, 0.5) is 0 Å². The van der Waals surface area contributed by atoms with E-state index in [0.29, 0.717) is 5.25 Å². The number of aromatic nitrogens is 1. The van der Waals surface area contributed by atoms with Gasteiger partial charge in [-0.05, 0) is 26.0 Å². The van der Waals surface area contributed by atoms with E-state index >= 15 is 0 Å². The van der Waals surface area contributed by atoms with Crippen LogP contribution in [-0.2, 0) is 7.05 Å². The highest BCUT2D eigenvalue weighted by Gasteiger charge is 2.04. The average Bonchev–Trinajstić information content (AvgIpc) is 2.14.